The fourth-order valence-electron chi connectivity index (χ4n) is 4.23. The number of fused-ring (bicyclic) bond motifs is 2. The molecule has 184 valence electrons. The molecule has 0 unspecified atom stereocenters. The molecular weight excluding hydrogens is 454 g/mol. The highest BCUT2D eigenvalue weighted by Crippen LogP contribution is 2.34. The zero-order valence-electron chi connectivity index (χ0n) is 20.5. The maximum absolute atomic E-state index is 13.5. The lowest BCUT2D eigenvalue weighted by atomic mass is 10.1. The summed E-state index contributed by atoms with van der Waals surface area (Å²) in [5.74, 6) is 0.977. The van der Waals surface area contributed by atoms with Gasteiger partial charge >= 0.3 is 0 Å². The molecule has 2 heterocycles. The highest BCUT2D eigenvalue weighted by molar-refractivity contribution is 5.86. The minimum atomic E-state index is -0.238. The molecule has 1 aliphatic rings. The van der Waals surface area contributed by atoms with Gasteiger partial charge in [0, 0.05) is 35.8 Å². The first-order valence-electron chi connectivity index (χ1n) is 12.0. The Morgan fingerprint density at radius 1 is 0.861 bits per heavy atom. The molecule has 0 fully saturated rings. The van der Waals surface area contributed by atoms with E-state index in [4.69, 9.17) is 9.47 Å². The number of ether oxygens (including phenoxy) is 2. The van der Waals surface area contributed by atoms with Gasteiger partial charge in [0.05, 0.1) is 5.52 Å². The molecule has 1 aromatic heterocycles. The smallest absolute Gasteiger partial charge is 0.256 e. The van der Waals surface area contributed by atoms with Crippen LogP contribution in [0.2, 0.25) is 0 Å². The van der Waals surface area contributed by atoms with Gasteiger partial charge in [-0.25, -0.2) is 0 Å². The molecule has 1 amide bonds. The van der Waals surface area contributed by atoms with Crippen LogP contribution in [0.1, 0.15) is 22.3 Å². The molecule has 0 radical (unpaired) electrons. The van der Waals surface area contributed by atoms with Gasteiger partial charge in [-0.1, -0.05) is 47.5 Å². The number of nitrogens with zero attached hydrogens (tertiary/aromatic N) is 1. The summed E-state index contributed by atoms with van der Waals surface area (Å²) in [5.41, 5.74) is 5.22. The molecule has 1 aliphatic heterocycles. The Labute approximate surface area is 209 Å². The third-order valence-electron chi connectivity index (χ3n) is 6.28. The van der Waals surface area contributed by atoms with Gasteiger partial charge in [-0.15, -0.1) is 0 Å². The molecule has 0 aliphatic carbocycles. The summed E-state index contributed by atoms with van der Waals surface area (Å²) in [7, 11) is 0. The molecule has 36 heavy (non-hydrogen) atoms. The summed E-state index contributed by atoms with van der Waals surface area (Å²) in [6.07, 6.45) is 0. The number of nitrogens with one attached hydrogen (secondary N) is 2. The predicted octanol–water partition coefficient (Wildman–Crippen LogP) is 4.32. The van der Waals surface area contributed by atoms with E-state index in [0.717, 1.165) is 27.8 Å². The van der Waals surface area contributed by atoms with Gasteiger partial charge in [0.25, 0.3) is 5.56 Å². The highest BCUT2D eigenvalue weighted by Gasteiger charge is 2.18. The summed E-state index contributed by atoms with van der Waals surface area (Å²) in [6, 6.07) is 21.5. The first-order valence-corrected chi connectivity index (χ1v) is 12.0. The first kappa shape index (κ1) is 23.5. The van der Waals surface area contributed by atoms with E-state index in [9.17, 15) is 9.59 Å². The number of pyridine rings is 1. The van der Waals surface area contributed by atoms with E-state index in [1.165, 1.54) is 4.57 Å². The van der Waals surface area contributed by atoms with Crippen LogP contribution in [0, 0.1) is 13.8 Å². The van der Waals surface area contributed by atoms with E-state index in [2.05, 4.69) is 10.6 Å². The number of anilines is 1. The molecule has 7 nitrogen and oxygen atoms in total. The van der Waals surface area contributed by atoms with Crippen LogP contribution in [-0.2, 0) is 24.4 Å². The van der Waals surface area contributed by atoms with Crippen LogP contribution in [0.3, 0.4) is 0 Å². The number of benzene rings is 3. The largest absolute Gasteiger partial charge is 0.486 e. The number of amides is 1. The monoisotopic (exact) mass is 483 g/mol. The van der Waals surface area contributed by atoms with E-state index in [1.54, 1.807) is 6.07 Å². The Morgan fingerprint density at radius 2 is 1.50 bits per heavy atom. The van der Waals surface area contributed by atoms with Crippen LogP contribution in [0.5, 0.6) is 11.5 Å². The number of rotatable bonds is 7. The van der Waals surface area contributed by atoms with Crippen LogP contribution in [0.25, 0.3) is 10.9 Å². The van der Waals surface area contributed by atoms with Crippen molar-refractivity contribution in [2.45, 2.75) is 33.5 Å². The van der Waals surface area contributed by atoms with Crippen molar-refractivity contribution in [3.63, 3.8) is 0 Å². The van der Waals surface area contributed by atoms with Gasteiger partial charge in [-0.05, 0) is 43.7 Å². The second-order valence-electron chi connectivity index (χ2n) is 9.10. The molecule has 4 aromatic rings. The molecular formula is C29H29N3O4. The Hall–Kier alpha value is -4.26. The molecule has 0 atom stereocenters. The van der Waals surface area contributed by atoms with Crippen molar-refractivity contribution in [3.05, 3.63) is 99.3 Å². The van der Waals surface area contributed by atoms with Crippen molar-refractivity contribution >= 4 is 22.5 Å². The summed E-state index contributed by atoms with van der Waals surface area (Å²) in [6.45, 7) is 5.60. The van der Waals surface area contributed by atoms with Crippen molar-refractivity contribution in [3.8, 4) is 11.5 Å². The van der Waals surface area contributed by atoms with Gasteiger partial charge in [0.1, 0.15) is 19.8 Å². The lowest BCUT2D eigenvalue weighted by molar-refractivity contribution is -0.121. The van der Waals surface area contributed by atoms with Crippen molar-refractivity contribution in [2.75, 3.05) is 18.5 Å². The van der Waals surface area contributed by atoms with E-state index in [-0.39, 0.29) is 18.0 Å². The summed E-state index contributed by atoms with van der Waals surface area (Å²) in [5, 5.41) is 7.06. The maximum atomic E-state index is 13.5. The SMILES string of the molecule is Cc1ccc(CNC(=O)Cn2c(=O)c(CNc3ccc(C)cc3)cc3cc4c(cc32)OCCO4)cc1. The zero-order chi connectivity index (χ0) is 25.1. The van der Waals surface area contributed by atoms with Crippen LogP contribution < -0.4 is 25.7 Å². The van der Waals surface area contributed by atoms with Crippen LogP contribution in [0.15, 0.2) is 71.5 Å². The third kappa shape index (κ3) is 5.20. The van der Waals surface area contributed by atoms with Gasteiger partial charge < -0.3 is 20.1 Å². The Morgan fingerprint density at radius 3 is 2.19 bits per heavy atom. The van der Waals surface area contributed by atoms with Crippen LogP contribution in [0.4, 0.5) is 5.69 Å². The minimum Gasteiger partial charge on any atom is -0.486 e. The second kappa shape index (κ2) is 10.2. The van der Waals surface area contributed by atoms with Crippen molar-refractivity contribution in [1.29, 1.82) is 0 Å². The quantitative estimate of drug-likeness (QED) is 0.409. The average Bonchev–Trinajstić information content (AvgIpc) is 2.89. The zero-order valence-corrected chi connectivity index (χ0v) is 20.5. The van der Waals surface area contributed by atoms with Crippen molar-refractivity contribution < 1.29 is 14.3 Å². The highest BCUT2D eigenvalue weighted by atomic mass is 16.6. The topological polar surface area (TPSA) is 81.6 Å². The van der Waals surface area contributed by atoms with E-state index in [1.807, 2.05) is 74.5 Å². The molecule has 0 bridgehead atoms. The third-order valence-corrected chi connectivity index (χ3v) is 6.28. The first-order chi connectivity index (χ1) is 17.5. The van der Waals surface area contributed by atoms with Gasteiger partial charge in [0.2, 0.25) is 5.91 Å². The normalized spacial score (nSPS) is 12.4. The van der Waals surface area contributed by atoms with E-state index < -0.39 is 0 Å². The number of carbonyl (C=O) groups excluding carboxylic acids is 1. The van der Waals surface area contributed by atoms with Gasteiger partial charge in [-0.3, -0.25) is 14.2 Å². The average molecular weight is 484 g/mol. The van der Waals surface area contributed by atoms with Crippen molar-refractivity contribution in [2.24, 2.45) is 0 Å². The van der Waals surface area contributed by atoms with E-state index in [0.29, 0.717) is 48.9 Å². The molecule has 7 heteroatoms. The molecule has 5 rings (SSSR count). The predicted molar refractivity (Wildman–Crippen MR) is 141 cm³/mol. The maximum Gasteiger partial charge on any atom is 0.256 e. The standard InChI is InChI=1S/C29H29N3O4/c1-19-3-7-21(8-4-19)16-31-28(33)18-32-25-15-27-26(35-11-12-36-27)14-22(25)13-23(29(32)34)17-30-24-9-5-20(2)6-10-24/h3-10,13-15,30H,11-12,16-18H2,1-2H3,(H,31,33). The van der Waals surface area contributed by atoms with Gasteiger partial charge in [0.15, 0.2) is 11.5 Å². The van der Waals surface area contributed by atoms with Crippen molar-refractivity contribution in [1.82, 2.24) is 9.88 Å². The summed E-state index contributed by atoms with van der Waals surface area (Å²) >= 11 is 0. The second-order valence-corrected chi connectivity index (χ2v) is 9.10. The number of aromatic nitrogens is 1. The fraction of sp³-hybridized carbons (Fsp3) is 0.241. The molecule has 2 N–H and O–H groups in total. The lowest BCUT2D eigenvalue weighted by Gasteiger charge is -2.21. The van der Waals surface area contributed by atoms with Crippen LogP contribution >= 0.6 is 0 Å². The van der Waals surface area contributed by atoms with Crippen LogP contribution in [-0.4, -0.2) is 23.7 Å². The number of hydrogen-bond donors (Lipinski definition) is 2. The fourth-order valence-corrected chi connectivity index (χ4v) is 4.23. The molecule has 3 aromatic carbocycles. The molecule has 0 saturated carbocycles. The molecule has 0 spiro atoms. The Bertz CT molecular complexity index is 1460. The Kier molecular flexibility index (Phi) is 6.62. The number of carbonyl (C=O) groups is 1. The summed E-state index contributed by atoms with van der Waals surface area (Å²) in [4.78, 5) is 26.5. The number of hydrogen-bond acceptors (Lipinski definition) is 5. The van der Waals surface area contributed by atoms with E-state index >= 15 is 0 Å². The number of aryl methyl sites for hydroxylation is 2. The lowest BCUT2D eigenvalue weighted by Crippen LogP contribution is -2.34. The molecule has 0 saturated heterocycles. The summed E-state index contributed by atoms with van der Waals surface area (Å²) < 4.78 is 13.0. The minimum absolute atomic E-state index is 0.0980. The van der Waals surface area contributed by atoms with Gasteiger partial charge in [-0.2, -0.15) is 0 Å². The Balaban J connectivity index is 1.44.